The zero-order chi connectivity index (χ0) is 21.9. The van der Waals surface area contributed by atoms with Crippen LogP contribution in [0.4, 0.5) is 0 Å². The standard InChI is InChI=1S/C20H22BrN3O5S/c1-13-3-8-17(16(21)11-13)29-12-18(25)23-24-20(30)22-19(26)14-4-6-15(7-5-14)28-10-9-27-2/h3-8,11H,9-10,12H2,1-2H3,(H,23,25)(H2,22,24,26,30). The van der Waals surface area contributed by atoms with Crippen LogP contribution in [0.15, 0.2) is 46.9 Å². The Bertz CT molecular complexity index is 893. The quantitative estimate of drug-likeness (QED) is 0.294. The summed E-state index contributed by atoms with van der Waals surface area (Å²) in [6.07, 6.45) is 0. The van der Waals surface area contributed by atoms with E-state index in [1.807, 2.05) is 19.1 Å². The predicted octanol–water partition coefficient (Wildman–Crippen LogP) is 2.50. The number of hydrogen-bond acceptors (Lipinski definition) is 6. The number of halogens is 1. The SMILES string of the molecule is COCCOc1ccc(C(=O)NC(=S)NNC(=O)COc2ccc(C)cc2Br)cc1. The minimum Gasteiger partial charge on any atom is -0.491 e. The number of hydrazine groups is 1. The third-order valence-electron chi connectivity index (χ3n) is 3.66. The van der Waals surface area contributed by atoms with Crippen LogP contribution in [-0.2, 0) is 9.53 Å². The maximum absolute atomic E-state index is 12.2. The van der Waals surface area contributed by atoms with E-state index in [9.17, 15) is 9.59 Å². The second kappa shape index (κ2) is 12.1. The van der Waals surface area contributed by atoms with Gasteiger partial charge in [0.1, 0.15) is 18.1 Å². The van der Waals surface area contributed by atoms with Gasteiger partial charge in [-0.05, 0) is 77.0 Å². The topological polar surface area (TPSA) is 97.9 Å². The van der Waals surface area contributed by atoms with Gasteiger partial charge >= 0.3 is 0 Å². The number of carbonyl (C=O) groups is 2. The number of nitrogens with one attached hydrogen (secondary N) is 3. The van der Waals surface area contributed by atoms with Gasteiger partial charge in [0.25, 0.3) is 11.8 Å². The number of thiocarbonyl (C=S) groups is 1. The number of hydrogen-bond donors (Lipinski definition) is 3. The molecule has 0 aliphatic heterocycles. The molecule has 2 amide bonds. The van der Waals surface area contributed by atoms with E-state index < -0.39 is 11.8 Å². The maximum atomic E-state index is 12.2. The van der Waals surface area contributed by atoms with Gasteiger partial charge in [0.2, 0.25) is 0 Å². The second-order valence-corrected chi connectivity index (χ2v) is 7.31. The molecule has 0 bridgehead atoms. The molecular formula is C20H22BrN3O5S. The summed E-state index contributed by atoms with van der Waals surface area (Å²) in [6.45, 7) is 2.61. The van der Waals surface area contributed by atoms with Crippen LogP contribution in [0.3, 0.4) is 0 Å². The van der Waals surface area contributed by atoms with E-state index in [0.717, 1.165) is 10.0 Å². The second-order valence-electron chi connectivity index (χ2n) is 6.04. The Hall–Kier alpha value is -2.69. The molecule has 2 aromatic rings. The fraction of sp³-hybridized carbons (Fsp3) is 0.250. The van der Waals surface area contributed by atoms with E-state index in [4.69, 9.17) is 26.4 Å². The molecule has 160 valence electrons. The number of methoxy groups -OCH3 is 1. The predicted molar refractivity (Wildman–Crippen MR) is 120 cm³/mol. The van der Waals surface area contributed by atoms with Gasteiger partial charge in [0.05, 0.1) is 11.1 Å². The molecule has 0 aliphatic carbocycles. The van der Waals surface area contributed by atoms with Crippen LogP contribution in [0.5, 0.6) is 11.5 Å². The minimum absolute atomic E-state index is 0.0507. The van der Waals surface area contributed by atoms with E-state index in [0.29, 0.717) is 30.3 Å². The van der Waals surface area contributed by atoms with Gasteiger partial charge in [0.15, 0.2) is 11.7 Å². The third kappa shape index (κ3) is 7.97. The van der Waals surface area contributed by atoms with Gasteiger partial charge < -0.3 is 14.2 Å². The van der Waals surface area contributed by atoms with Crippen LogP contribution in [0.1, 0.15) is 15.9 Å². The van der Waals surface area contributed by atoms with Crippen LogP contribution in [0, 0.1) is 6.92 Å². The van der Waals surface area contributed by atoms with Crippen molar-refractivity contribution in [1.82, 2.24) is 16.2 Å². The molecule has 0 unspecified atom stereocenters. The first kappa shape index (κ1) is 23.6. The molecule has 0 saturated heterocycles. The van der Waals surface area contributed by atoms with Crippen LogP contribution in [-0.4, -0.2) is 43.9 Å². The molecule has 0 aromatic heterocycles. The molecular weight excluding hydrogens is 474 g/mol. The van der Waals surface area contributed by atoms with Crippen molar-refractivity contribution in [2.24, 2.45) is 0 Å². The minimum atomic E-state index is -0.461. The van der Waals surface area contributed by atoms with Crippen molar-refractivity contribution in [3.8, 4) is 11.5 Å². The van der Waals surface area contributed by atoms with Crippen LogP contribution < -0.4 is 25.6 Å². The average Bonchev–Trinajstić information content (AvgIpc) is 2.72. The highest BCUT2D eigenvalue weighted by atomic mass is 79.9. The summed E-state index contributed by atoms with van der Waals surface area (Å²) in [5.74, 6) is 0.278. The molecule has 10 heteroatoms. The molecule has 30 heavy (non-hydrogen) atoms. The zero-order valence-corrected chi connectivity index (χ0v) is 18.9. The van der Waals surface area contributed by atoms with E-state index in [1.54, 1.807) is 37.4 Å². The normalized spacial score (nSPS) is 10.1. The summed E-state index contributed by atoms with van der Waals surface area (Å²) < 4.78 is 16.5. The van der Waals surface area contributed by atoms with E-state index in [1.165, 1.54) is 0 Å². The number of benzene rings is 2. The zero-order valence-electron chi connectivity index (χ0n) is 16.5. The summed E-state index contributed by atoms with van der Waals surface area (Å²) in [7, 11) is 1.59. The molecule has 2 aromatic carbocycles. The van der Waals surface area contributed by atoms with Gasteiger partial charge in [0, 0.05) is 12.7 Å². The molecule has 0 fully saturated rings. The van der Waals surface area contributed by atoms with Gasteiger partial charge in [-0.25, -0.2) is 0 Å². The van der Waals surface area contributed by atoms with E-state index in [-0.39, 0.29) is 11.7 Å². The maximum Gasteiger partial charge on any atom is 0.276 e. The van der Waals surface area contributed by atoms with Gasteiger partial charge in [-0.1, -0.05) is 6.07 Å². The lowest BCUT2D eigenvalue weighted by Crippen LogP contribution is -2.49. The number of carbonyl (C=O) groups excluding carboxylic acids is 2. The van der Waals surface area contributed by atoms with Crippen molar-refractivity contribution in [2.75, 3.05) is 26.9 Å². The van der Waals surface area contributed by atoms with Gasteiger partial charge in [-0.15, -0.1) is 0 Å². The molecule has 8 nitrogen and oxygen atoms in total. The largest absolute Gasteiger partial charge is 0.491 e. The van der Waals surface area contributed by atoms with Gasteiger partial charge in [-0.3, -0.25) is 25.8 Å². The van der Waals surface area contributed by atoms with Crippen molar-refractivity contribution in [1.29, 1.82) is 0 Å². The van der Waals surface area contributed by atoms with E-state index in [2.05, 4.69) is 32.1 Å². The molecule has 2 rings (SSSR count). The Morgan fingerprint density at radius 3 is 2.43 bits per heavy atom. The van der Waals surface area contributed by atoms with Crippen molar-refractivity contribution < 1.29 is 23.8 Å². The highest BCUT2D eigenvalue weighted by Gasteiger charge is 2.10. The molecule has 0 radical (unpaired) electrons. The first-order valence-electron chi connectivity index (χ1n) is 8.90. The van der Waals surface area contributed by atoms with E-state index >= 15 is 0 Å². The summed E-state index contributed by atoms with van der Waals surface area (Å²) in [5.41, 5.74) is 6.27. The number of ether oxygens (including phenoxy) is 3. The number of aryl methyl sites for hydroxylation is 1. The van der Waals surface area contributed by atoms with Crippen molar-refractivity contribution in [3.05, 3.63) is 58.1 Å². The fourth-order valence-corrected chi connectivity index (χ4v) is 2.93. The molecule has 3 N–H and O–H groups in total. The summed E-state index contributed by atoms with van der Waals surface area (Å²) >= 11 is 8.39. The first-order chi connectivity index (χ1) is 14.4. The lowest BCUT2D eigenvalue weighted by Gasteiger charge is -2.12. The summed E-state index contributed by atoms with van der Waals surface area (Å²) in [6, 6.07) is 12.1. The molecule has 0 aliphatic rings. The van der Waals surface area contributed by atoms with Crippen LogP contribution in [0.25, 0.3) is 0 Å². The first-order valence-corrected chi connectivity index (χ1v) is 10.1. The lowest BCUT2D eigenvalue weighted by atomic mass is 10.2. The molecule has 0 saturated carbocycles. The third-order valence-corrected chi connectivity index (χ3v) is 4.49. The highest BCUT2D eigenvalue weighted by Crippen LogP contribution is 2.25. The Kier molecular flexibility index (Phi) is 9.52. The number of amides is 2. The van der Waals surface area contributed by atoms with Crippen molar-refractivity contribution >= 4 is 45.1 Å². The highest BCUT2D eigenvalue weighted by molar-refractivity contribution is 9.10. The molecule has 0 atom stereocenters. The smallest absolute Gasteiger partial charge is 0.276 e. The lowest BCUT2D eigenvalue weighted by molar-refractivity contribution is -0.123. The Labute approximate surface area is 188 Å². The van der Waals surface area contributed by atoms with Gasteiger partial charge in [-0.2, -0.15) is 0 Å². The Morgan fingerprint density at radius 1 is 1.03 bits per heavy atom. The summed E-state index contributed by atoms with van der Waals surface area (Å²) in [5, 5.41) is 2.42. The monoisotopic (exact) mass is 495 g/mol. The summed E-state index contributed by atoms with van der Waals surface area (Å²) in [4.78, 5) is 24.1. The van der Waals surface area contributed by atoms with Crippen LogP contribution in [0.2, 0.25) is 0 Å². The van der Waals surface area contributed by atoms with Crippen LogP contribution >= 0.6 is 28.1 Å². The molecule has 0 heterocycles. The van der Waals surface area contributed by atoms with Crippen molar-refractivity contribution in [2.45, 2.75) is 6.92 Å². The Morgan fingerprint density at radius 2 is 1.77 bits per heavy atom. The average molecular weight is 496 g/mol. The molecule has 0 spiro atoms. The van der Waals surface area contributed by atoms with Crippen molar-refractivity contribution in [3.63, 3.8) is 0 Å². The fourth-order valence-electron chi connectivity index (χ4n) is 2.18. The Balaban J connectivity index is 1.72. The number of rotatable bonds is 8.